The highest BCUT2D eigenvalue weighted by Gasteiger charge is 2.22. The quantitative estimate of drug-likeness (QED) is 0.774. The Morgan fingerprint density at radius 3 is 3.06 bits per heavy atom. The third-order valence-corrected chi connectivity index (χ3v) is 3.98. The van der Waals surface area contributed by atoms with Crippen LogP contribution in [0.15, 0.2) is 18.2 Å². The number of hydrogen-bond donors (Lipinski definition) is 0. The summed E-state index contributed by atoms with van der Waals surface area (Å²) in [6.07, 6.45) is 4.46. The van der Waals surface area contributed by atoms with Crippen LogP contribution in [0.3, 0.4) is 0 Å². The summed E-state index contributed by atoms with van der Waals surface area (Å²) >= 11 is 6.28. The molecule has 0 saturated heterocycles. The van der Waals surface area contributed by atoms with E-state index in [4.69, 9.17) is 16.3 Å². The van der Waals surface area contributed by atoms with E-state index in [1.807, 2.05) is 12.1 Å². The molecule has 0 fully saturated rings. The number of nitrogens with zero attached hydrogens (tertiary/aromatic N) is 1. The molecule has 100 valence electrons. The van der Waals surface area contributed by atoms with Crippen LogP contribution in [0.1, 0.15) is 30.9 Å². The first kappa shape index (κ1) is 13.9. The smallest absolute Gasteiger partial charge is 0.114 e. The molecule has 1 unspecified atom stereocenters. The van der Waals surface area contributed by atoms with Gasteiger partial charge in [-0.3, -0.25) is 4.90 Å². The van der Waals surface area contributed by atoms with Crippen LogP contribution in [-0.2, 0) is 17.6 Å². The molecule has 0 bridgehead atoms. The van der Waals surface area contributed by atoms with Gasteiger partial charge in [0, 0.05) is 24.6 Å². The molecule has 0 spiro atoms. The fourth-order valence-corrected chi connectivity index (χ4v) is 2.69. The van der Waals surface area contributed by atoms with Crippen LogP contribution in [0, 0.1) is 0 Å². The summed E-state index contributed by atoms with van der Waals surface area (Å²) in [7, 11) is 2.14. The number of rotatable bonds is 4. The molecular formula is C15H22ClNO. The molecule has 2 rings (SSSR count). The molecule has 0 aliphatic carbocycles. The summed E-state index contributed by atoms with van der Waals surface area (Å²) in [5, 5.41) is 0.898. The van der Waals surface area contributed by atoms with Gasteiger partial charge in [0.05, 0.1) is 0 Å². The third kappa shape index (κ3) is 3.25. The number of ether oxygens (including phenoxy) is 1. The number of hydrogen-bond acceptors (Lipinski definition) is 2. The van der Waals surface area contributed by atoms with Crippen molar-refractivity contribution < 1.29 is 4.74 Å². The number of fused-ring (bicyclic) bond motifs is 1. The fraction of sp³-hybridized carbons (Fsp3) is 0.600. The standard InChI is InChI=1S/C15H22ClNO/c1-3-4-10-18-15-11-12-6-5-7-14(16)13(12)8-9-17(15)2/h5-7,15H,3-4,8-11H2,1-2H3. The molecule has 0 N–H and O–H groups in total. The molecule has 1 aromatic rings. The van der Waals surface area contributed by atoms with E-state index < -0.39 is 0 Å². The van der Waals surface area contributed by atoms with E-state index in [-0.39, 0.29) is 6.23 Å². The van der Waals surface area contributed by atoms with Crippen molar-refractivity contribution >= 4 is 11.6 Å². The zero-order valence-corrected chi connectivity index (χ0v) is 12.0. The van der Waals surface area contributed by atoms with Gasteiger partial charge in [-0.05, 0) is 37.1 Å². The van der Waals surface area contributed by atoms with Gasteiger partial charge in [-0.2, -0.15) is 0 Å². The second-order valence-corrected chi connectivity index (χ2v) is 5.40. The monoisotopic (exact) mass is 267 g/mol. The van der Waals surface area contributed by atoms with Crippen molar-refractivity contribution in [3.63, 3.8) is 0 Å². The van der Waals surface area contributed by atoms with E-state index in [0.717, 1.165) is 37.4 Å². The first-order chi connectivity index (χ1) is 8.72. The Morgan fingerprint density at radius 2 is 2.28 bits per heavy atom. The lowest BCUT2D eigenvalue weighted by Crippen LogP contribution is -2.35. The second kappa shape index (κ2) is 6.55. The van der Waals surface area contributed by atoms with E-state index in [1.54, 1.807) is 0 Å². The molecule has 18 heavy (non-hydrogen) atoms. The van der Waals surface area contributed by atoms with Crippen LogP contribution in [0.5, 0.6) is 0 Å². The topological polar surface area (TPSA) is 12.5 Å². The van der Waals surface area contributed by atoms with Gasteiger partial charge < -0.3 is 4.74 Å². The summed E-state index contributed by atoms with van der Waals surface area (Å²) in [6.45, 7) is 4.05. The van der Waals surface area contributed by atoms with Gasteiger partial charge >= 0.3 is 0 Å². The van der Waals surface area contributed by atoms with Crippen molar-refractivity contribution in [3.8, 4) is 0 Å². The summed E-state index contributed by atoms with van der Waals surface area (Å²) in [5.41, 5.74) is 2.64. The molecule has 2 nitrogen and oxygen atoms in total. The minimum atomic E-state index is 0.191. The molecule has 1 aromatic carbocycles. The maximum Gasteiger partial charge on any atom is 0.114 e. The highest BCUT2D eigenvalue weighted by molar-refractivity contribution is 6.31. The van der Waals surface area contributed by atoms with Crippen LogP contribution in [0.4, 0.5) is 0 Å². The molecule has 1 aliphatic rings. The summed E-state index contributed by atoms with van der Waals surface area (Å²) in [6, 6.07) is 6.20. The van der Waals surface area contributed by atoms with Crippen LogP contribution >= 0.6 is 11.6 Å². The van der Waals surface area contributed by atoms with Crippen molar-refractivity contribution in [2.45, 2.75) is 38.8 Å². The minimum absolute atomic E-state index is 0.191. The Kier molecular flexibility index (Phi) is 5.04. The van der Waals surface area contributed by atoms with Crippen molar-refractivity contribution in [3.05, 3.63) is 34.3 Å². The fourth-order valence-electron chi connectivity index (χ4n) is 2.40. The van der Waals surface area contributed by atoms with Gasteiger partial charge in [0.15, 0.2) is 0 Å². The van der Waals surface area contributed by atoms with Crippen LogP contribution in [0.25, 0.3) is 0 Å². The average molecular weight is 268 g/mol. The molecule has 0 aromatic heterocycles. The number of halogens is 1. The van der Waals surface area contributed by atoms with Crippen LogP contribution in [-0.4, -0.2) is 31.3 Å². The lowest BCUT2D eigenvalue weighted by Gasteiger charge is -2.25. The summed E-state index contributed by atoms with van der Waals surface area (Å²) in [4.78, 5) is 2.30. The molecule has 0 radical (unpaired) electrons. The highest BCUT2D eigenvalue weighted by Crippen LogP contribution is 2.26. The highest BCUT2D eigenvalue weighted by atomic mass is 35.5. The molecule has 3 heteroatoms. The maximum atomic E-state index is 6.28. The molecule has 0 amide bonds. The first-order valence-electron chi connectivity index (χ1n) is 6.80. The number of likely N-dealkylation sites (N-methyl/N-ethyl adjacent to an activating group) is 1. The van der Waals surface area contributed by atoms with Gasteiger partial charge in [-0.15, -0.1) is 0 Å². The predicted molar refractivity (Wildman–Crippen MR) is 76.1 cm³/mol. The molecular weight excluding hydrogens is 246 g/mol. The molecule has 1 aliphatic heterocycles. The SMILES string of the molecule is CCCCOC1Cc2cccc(Cl)c2CCN1C. The minimum Gasteiger partial charge on any atom is -0.363 e. The second-order valence-electron chi connectivity index (χ2n) is 4.99. The van der Waals surface area contributed by atoms with E-state index >= 15 is 0 Å². The largest absolute Gasteiger partial charge is 0.363 e. The predicted octanol–water partition coefficient (Wildman–Crippen LogP) is 3.51. The van der Waals surface area contributed by atoms with Crippen molar-refractivity contribution in [2.75, 3.05) is 20.2 Å². The molecule has 0 saturated carbocycles. The zero-order chi connectivity index (χ0) is 13.0. The Balaban J connectivity index is 2.09. The van der Waals surface area contributed by atoms with E-state index in [9.17, 15) is 0 Å². The summed E-state index contributed by atoms with van der Waals surface area (Å²) < 4.78 is 6.00. The Labute approximate surface area is 115 Å². The Bertz CT molecular complexity index is 394. The van der Waals surface area contributed by atoms with Crippen molar-refractivity contribution in [1.29, 1.82) is 0 Å². The van der Waals surface area contributed by atoms with Gasteiger partial charge in [-0.1, -0.05) is 37.1 Å². The number of unbranched alkanes of at least 4 members (excludes halogenated alkanes) is 1. The Morgan fingerprint density at radius 1 is 1.44 bits per heavy atom. The van der Waals surface area contributed by atoms with Crippen molar-refractivity contribution in [2.24, 2.45) is 0 Å². The molecule has 1 atom stereocenters. The van der Waals surface area contributed by atoms with Gasteiger partial charge in [0.25, 0.3) is 0 Å². The third-order valence-electron chi connectivity index (χ3n) is 3.62. The number of benzene rings is 1. The van der Waals surface area contributed by atoms with Gasteiger partial charge in [-0.25, -0.2) is 0 Å². The van der Waals surface area contributed by atoms with Crippen molar-refractivity contribution in [1.82, 2.24) is 4.90 Å². The maximum absolute atomic E-state index is 6.28. The van der Waals surface area contributed by atoms with Gasteiger partial charge in [0.1, 0.15) is 6.23 Å². The van der Waals surface area contributed by atoms with Gasteiger partial charge in [0.2, 0.25) is 0 Å². The first-order valence-corrected chi connectivity index (χ1v) is 7.18. The zero-order valence-electron chi connectivity index (χ0n) is 11.3. The molecule has 1 heterocycles. The van der Waals surface area contributed by atoms with Crippen LogP contribution in [0.2, 0.25) is 5.02 Å². The van der Waals surface area contributed by atoms with E-state index in [1.165, 1.54) is 17.5 Å². The normalized spacial score (nSPS) is 20.5. The average Bonchev–Trinajstić information content (AvgIpc) is 2.51. The lowest BCUT2D eigenvalue weighted by molar-refractivity contribution is -0.0448. The Hall–Kier alpha value is -0.570. The lowest BCUT2D eigenvalue weighted by atomic mass is 10.0. The van der Waals surface area contributed by atoms with E-state index in [0.29, 0.717) is 0 Å². The summed E-state index contributed by atoms with van der Waals surface area (Å²) in [5.74, 6) is 0. The van der Waals surface area contributed by atoms with Crippen LogP contribution < -0.4 is 0 Å². The van der Waals surface area contributed by atoms with E-state index in [2.05, 4.69) is 24.9 Å².